The van der Waals surface area contributed by atoms with Crippen molar-refractivity contribution in [2.75, 3.05) is 0 Å². The maximum Gasteiger partial charge on any atom is 0.155 e. The van der Waals surface area contributed by atoms with Crippen LogP contribution in [0.2, 0.25) is 0 Å². The van der Waals surface area contributed by atoms with Crippen LogP contribution in [0.1, 0.15) is 20.8 Å². The Bertz CT molecular complexity index is 136. The number of hydrogen-bond donors (Lipinski definition) is 0. The fraction of sp³-hybridized carbons (Fsp3) is 0.571. The van der Waals surface area contributed by atoms with Gasteiger partial charge >= 0.3 is 0 Å². The number of carbonyl (C=O) groups is 1. The van der Waals surface area contributed by atoms with E-state index >= 15 is 0 Å². The van der Waals surface area contributed by atoms with Crippen molar-refractivity contribution >= 4 is 17.4 Å². The molecule has 9 heavy (non-hydrogen) atoms. The summed E-state index contributed by atoms with van der Waals surface area (Å²) in [5, 5.41) is -0.0473. The van der Waals surface area contributed by atoms with Gasteiger partial charge < -0.3 is 0 Å². The van der Waals surface area contributed by atoms with Gasteiger partial charge in [-0.25, -0.2) is 0 Å². The first-order chi connectivity index (χ1) is 4.04. The zero-order chi connectivity index (χ0) is 7.44. The lowest BCUT2D eigenvalue weighted by molar-refractivity contribution is -0.113. The molecule has 0 aromatic carbocycles. The lowest BCUT2D eigenvalue weighted by Gasteiger charge is -1.94. The zero-order valence-electron chi connectivity index (χ0n) is 5.94. The molecule has 0 amide bonds. The van der Waals surface area contributed by atoms with Crippen molar-refractivity contribution in [3.05, 3.63) is 11.6 Å². The molecular weight excluding hydrogens is 136 g/mol. The average molecular weight is 147 g/mol. The summed E-state index contributed by atoms with van der Waals surface area (Å²) in [5.74, 6) is 0.0856. The molecule has 0 aromatic heterocycles. The zero-order valence-corrected chi connectivity index (χ0v) is 6.70. The molecule has 1 unspecified atom stereocenters. The molecule has 2 heteroatoms. The van der Waals surface area contributed by atoms with Crippen LogP contribution in [0.5, 0.6) is 0 Å². The van der Waals surface area contributed by atoms with Crippen LogP contribution in [-0.4, -0.2) is 11.2 Å². The van der Waals surface area contributed by atoms with E-state index in [4.69, 9.17) is 11.6 Å². The third-order valence-electron chi connectivity index (χ3n) is 1.03. The van der Waals surface area contributed by atoms with Gasteiger partial charge in [0.25, 0.3) is 0 Å². The number of hydrogen-bond acceptors (Lipinski definition) is 1. The Hall–Kier alpha value is -0.300. The normalized spacial score (nSPS) is 15.3. The van der Waals surface area contributed by atoms with Crippen LogP contribution in [0.4, 0.5) is 0 Å². The smallest absolute Gasteiger partial charge is 0.155 e. The first kappa shape index (κ1) is 8.70. The largest absolute Gasteiger partial charge is 0.295 e. The van der Waals surface area contributed by atoms with E-state index in [1.165, 1.54) is 6.92 Å². The maximum atomic E-state index is 10.6. The summed E-state index contributed by atoms with van der Waals surface area (Å²) in [7, 11) is 0. The maximum absolute atomic E-state index is 10.6. The van der Waals surface area contributed by atoms with Crippen molar-refractivity contribution in [3.63, 3.8) is 0 Å². The highest BCUT2D eigenvalue weighted by atomic mass is 35.5. The fourth-order valence-corrected chi connectivity index (χ4v) is 0.651. The van der Waals surface area contributed by atoms with E-state index in [0.29, 0.717) is 0 Å². The van der Waals surface area contributed by atoms with Crippen LogP contribution in [0.3, 0.4) is 0 Å². The molecule has 52 valence electrons. The second kappa shape index (κ2) is 3.67. The number of Topliss-reactive ketones (excluding diaryl/α,β-unsaturated/α-hetero) is 1. The second-order valence-corrected chi connectivity index (χ2v) is 2.77. The van der Waals surface area contributed by atoms with Crippen LogP contribution in [0.25, 0.3) is 0 Å². The summed E-state index contributed by atoms with van der Waals surface area (Å²) in [6, 6.07) is 0. The summed E-state index contributed by atoms with van der Waals surface area (Å²) in [6.07, 6.45) is 1.74. The van der Waals surface area contributed by atoms with Crippen molar-refractivity contribution in [2.24, 2.45) is 0 Å². The number of ketones is 1. The van der Waals surface area contributed by atoms with E-state index in [0.717, 1.165) is 5.57 Å². The van der Waals surface area contributed by atoms with E-state index < -0.39 is 0 Å². The van der Waals surface area contributed by atoms with Gasteiger partial charge in [0.15, 0.2) is 5.78 Å². The Labute approximate surface area is 60.7 Å². The van der Waals surface area contributed by atoms with E-state index in [-0.39, 0.29) is 11.2 Å². The van der Waals surface area contributed by atoms with Gasteiger partial charge in [-0.15, -0.1) is 11.6 Å². The molecule has 0 saturated carbocycles. The van der Waals surface area contributed by atoms with Crippen LogP contribution in [-0.2, 0) is 4.79 Å². The number of alkyl halides is 1. The summed E-state index contributed by atoms with van der Waals surface area (Å²) in [5.41, 5.74) is 0.734. The topological polar surface area (TPSA) is 17.1 Å². The molecule has 0 N–H and O–H groups in total. The van der Waals surface area contributed by atoms with Gasteiger partial charge in [0, 0.05) is 5.38 Å². The Balaban J connectivity index is 4.00. The van der Waals surface area contributed by atoms with Crippen molar-refractivity contribution in [2.45, 2.75) is 26.1 Å². The second-order valence-electron chi connectivity index (χ2n) is 2.08. The van der Waals surface area contributed by atoms with Gasteiger partial charge in [-0.3, -0.25) is 4.79 Å². The highest BCUT2D eigenvalue weighted by Gasteiger charge is 1.96. The standard InChI is InChI=1S/C7H11ClO/c1-5(7(3)9)4-6(2)8/h4,6H,1-3H3/b5-4-. The minimum absolute atomic E-state index is 0.0473. The molecule has 0 saturated heterocycles. The van der Waals surface area contributed by atoms with Gasteiger partial charge in [0.1, 0.15) is 0 Å². The van der Waals surface area contributed by atoms with Crippen LogP contribution in [0.15, 0.2) is 11.6 Å². The van der Waals surface area contributed by atoms with Gasteiger partial charge in [-0.1, -0.05) is 6.08 Å². The minimum atomic E-state index is -0.0473. The Kier molecular flexibility index (Phi) is 3.55. The summed E-state index contributed by atoms with van der Waals surface area (Å²) >= 11 is 5.59. The van der Waals surface area contributed by atoms with Gasteiger partial charge in [-0.2, -0.15) is 0 Å². The lowest BCUT2D eigenvalue weighted by atomic mass is 10.2. The predicted octanol–water partition coefficient (Wildman–Crippen LogP) is 2.15. The molecule has 0 heterocycles. The van der Waals surface area contributed by atoms with E-state index in [1.54, 1.807) is 13.0 Å². The molecule has 0 rings (SSSR count). The lowest BCUT2D eigenvalue weighted by Crippen LogP contribution is -1.94. The van der Waals surface area contributed by atoms with Crippen LogP contribution in [0, 0.1) is 0 Å². The monoisotopic (exact) mass is 146 g/mol. The van der Waals surface area contributed by atoms with Crippen LogP contribution >= 0.6 is 11.6 Å². The number of carbonyl (C=O) groups excluding carboxylic acids is 1. The average Bonchev–Trinajstić information content (AvgIpc) is 1.63. The Morgan fingerprint density at radius 1 is 1.56 bits per heavy atom. The first-order valence-corrected chi connectivity index (χ1v) is 3.31. The molecule has 1 atom stereocenters. The van der Waals surface area contributed by atoms with Crippen molar-refractivity contribution < 1.29 is 4.79 Å². The predicted molar refractivity (Wildman–Crippen MR) is 39.8 cm³/mol. The highest BCUT2D eigenvalue weighted by molar-refractivity contribution is 6.21. The van der Waals surface area contributed by atoms with Crippen molar-refractivity contribution in [1.82, 2.24) is 0 Å². The minimum Gasteiger partial charge on any atom is -0.295 e. The molecule has 0 spiro atoms. The number of rotatable bonds is 2. The Morgan fingerprint density at radius 2 is 2.00 bits per heavy atom. The third kappa shape index (κ3) is 4.22. The highest BCUT2D eigenvalue weighted by Crippen LogP contribution is 2.01. The fourth-order valence-electron chi connectivity index (χ4n) is 0.462. The molecule has 0 aromatic rings. The molecule has 0 aliphatic heterocycles. The number of allylic oxidation sites excluding steroid dienone is 2. The summed E-state index contributed by atoms with van der Waals surface area (Å²) in [6.45, 7) is 5.13. The van der Waals surface area contributed by atoms with E-state index in [2.05, 4.69) is 0 Å². The molecule has 0 fully saturated rings. The SMILES string of the molecule is CC(=O)/C(C)=C\C(C)Cl. The molecule has 0 aliphatic rings. The van der Waals surface area contributed by atoms with Gasteiger partial charge in [0.2, 0.25) is 0 Å². The van der Waals surface area contributed by atoms with Gasteiger partial charge in [-0.05, 0) is 26.3 Å². The summed E-state index contributed by atoms with van der Waals surface area (Å²) in [4.78, 5) is 10.6. The van der Waals surface area contributed by atoms with Crippen molar-refractivity contribution in [3.8, 4) is 0 Å². The molecule has 0 radical (unpaired) electrons. The molecule has 1 nitrogen and oxygen atoms in total. The molecular formula is C7H11ClO. The third-order valence-corrected chi connectivity index (χ3v) is 1.16. The van der Waals surface area contributed by atoms with Crippen LogP contribution < -0.4 is 0 Å². The quantitative estimate of drug-likeness (QED) is 0.431. The van der Waals surface area contributed by atoms with Crippen molar-refractivity contribution in [1.29, 1.82) is 0 Å². The summed E-state index contributed by atoms with van der Waals surface area (Å²) < 4.78 is 0. The number of halogens is 1. The Morgan fingerprint density at radius 3 is 2.11 bits per heavy atom. The van der Waals surface area contributed by atoms with E-state index in [9.17, 15) is 4.79 Å². The first-order valence-electron chi connectivity index (χ1n) is 2.87. The molecule has 0 aliphatic carbocycles. The van der Waals surface area contributed by atoms with E-state index in [1.807, 2.05) is 6.92 Å². The molecule has 0 bridgehead atoms. The van der Waals surface area contributed by atoms with Gasteiger partial charge in [0.05, 0.1) is 0 Å².